The first-order chi connectivity index (χ1) is 15.1. The molecule has 7 nitrogen and oxygen atoms in total. The fourth-order valence-electron chi connectivity index (χ4n) is 2.47. The number of nitrogens with zero attached hydrogens (tertiary/aromatic N) is 1. The molecule has 0 atom stereocenters. The van der Waals surface area contributed by atoms with Crippen molar-refractivity contribution in [2.45, 2.75) is 48.6 Å². The fourth-order valence-corrected chi connectivity index (χ4v) is 3.60. The quantitative estimate of drug-likeness (QED) is 0.184. The van der Waals surface area contributed by atoms with Crippen LogP contribution in [0.2, 0.25) is 0 Å². The van der Waals surface area contributed by atoms with E-state index in [4.69, 9.17) is 5.11 Å². The van der Waals surface area contributed by atoms with E-state index in [-0.39, 0.29) is 22.9 Å². The molecule has 0 bridgehead atoms. The third-order valence-electron chi connectivity index (χ3n) is 4.51. The van der Waals surface area contributed by atoms with Crippen LogP contribution < -0.4 is 4.72 Å². The molecule has 0 saturated carbocycles. The number of nitrogens with one attached hydrogen (secondary N) is 1. The maximum absolute atomic E-state index is 13.7. The molecule has 0 aliphatic heterocycles. The van der Waals surface area contributed by atoms with Crippen LogP contribution in [0.5, 0.6) is 0 Å². The molecule has 0 heterocycles. The molecular formula is C15H21F13N2O5S. The van der Waals surface area contributed by atoms with Crippen LogP contribution in [-0.4, -0.2) is 105 Å². The van der Waals surface area contributed by atoms with Crippen LogP contribution in [0.4, 0.5) is 57.1 Å². The number of halogens is 13. The van der Waals surface area contributed by atoms with E-state index >= 15 is 0 Å². The number of aliphatic carboxylic acids is 1. The number of carbonyl (C=O) groups is 1. The van der Waals surface area contributed by atoms with Crippen LogP contribution in [0, 0.1) is 0 Å². The standard InChI is InChI=1S/C15H19F13N2O4S.H2O/c1-30(2,8-9(31)32)6-3-5-29-35(33,34)7-4-10(16,17)11(18,19)12(20,21)13(22,23)14(24,25)15(26,27)28;/h29H,3-8H2,1-2H3;1H2. The summed E-state index contributed by atoms with van der Waals surface area (Å²) in [6, 6.07) is 0. The lowest BCUT2D eigenvalue weighted by atomic mass is 9.93. The van der Waals surface area contributed by atoms with Gasteiger partial charge >= 0.3 is 41.8 Å². The summed E-state index contributed by atoms with van der Waals surface area (Å²) in [5, 5.41) is 8.68. The number of rotatable bonds is 14. The number of likely N-dealkylation sites (N-methyl/N-ethyl adjacent to an activating group) is 1. The fraction of sp³-hybridized carbons (Fsp3) is 0.933. The van der Waals surface area contributed by atoms with Gasteiger partial charge in [-0.25, -0.2) is 17.9 Å². The number of carboxylic acid groups (broad SMARTS) is 1. The molecule has 218 valence electrons. The molecule has 0 aromatic rings. The molecule has 0 rings (SSSR count). The van der Waals surface area contributed by atoms with E-state index in [0.29, 0.717) is 0 Å². The summed E-state index contributed by atoms with van der Waals surface area (Å²) < 4.78 is 194. The summed E-state index contributed by atoms with van der Waals surface area (Å²) in [6.07, 6.45) is -10.5. The average molecular weight is 588 g/mol. The number of alkyl halides is 13. The van der Waals surface area contributed by atoms with E-state index in [0.717, 1.165) is 0 Å². The minimum absolute atomic E-state index is 0. The van der Waals surface area contributed by atoms with Gasteiger partial charge in [0.05, 0.1) is 26.4 Å². The maximum Gasteiger partial charge on any atom is 0.460 e. The van der Waals surface area contributed by atoms with Crippen molar-refractivity contribution in [2.24, 2.45) is 0 Å². The number of hydrogen-bond acceptors (Lipinski definition) is 4. The van der Waals surface area contributed by atoms with Crippen molar-refractivity contribution in [3.05, 3.63) is 0 Å². The van der Waals surface area contributed by atoms with E-state index in [1.165, 1.54) is 14.1 Å². The first kappa shape index (κ1) is 36.5. The first-order valence-corrected chi connectivity index (χ1v) is 10.7. The molecule has 21 heteroatoms. The number of sulfonamides is 1. The lowest BCUT2D eigenvalue weighted by molar-refractivity contribution is -0.883. The monoisotopic (exact) mass is 588 g/mol. The third-order valence-corrected chi connectivity index (χ3v) is 5.89. The summed E-state index contributed by atoms with van der Waals surface area (Å²) in [5.74, 6) is -41.3. The molecule has 0 amide bonds. The van der Waals surface area contributed by atoms with E-state index in [1.807, 2.05) is 0 Å². The van der Waals surface area contributed by atoms with Gasteiger partial charge in [0.2, 0.25) is 10.0 Å². The van der Waals surface area contributed by atoms with Crippen molar-refractivity contribution < 1.29 is 85.4 Å². The van der Waals surface area contributed by atoms with Crippen molar-refractivity contribution in [3.63, 3.8) is 0 Å². The van der Waals surface area contributed by atoms with Crippen LogP contribution in [0.3, 0.4) is 0 Å². The van der Waals surface area contributed by atoms with Crippen LogP contribution in [0.25, 0.3) is 0 Å². The molecule has 0 saturated heterocycles. The minimum atomic E-state index is -8.05. The van der Waals surface area contributed by atoms with E-state index in [1.54, 1.807) is 4.72 Å². The molecule has 0 aromatic heterocycles. The van der Waals surface area contributed by atoms with Gasteiger partial charge < -0.3 is 15.1 Å². The van der Waals surface area contributed by atoms with Crippen LogP contribution in [0.15, 0.2) is 0 Å². The third kappa shape index (κ3) is 7.70. The van der Waals surface area contributed by atoms with Crippen LogP contribution >= 0.6 is 0 Å². The Balaban J connectivity index is 0. The summed E-state index contributed by atoms with van der Waals surface area (Å²) in [7, 11) is -2.18. The molecule has 0 aromatic carbocycles. The molecule has 36 heavy (non-hydrogen) atoms. The van der Waals surface area contributed by atoms with E-state index in [2.05, 4.69) is 0 Å². The largest absolute Gasteiger partial charge is 0.870 e. The number of carboxylic acids is 1. The lowest BCUT2D eigenvalue weighted by Gasteiger charge is -2.39. The number of hydrogen-bond donors (Lipinski definition) is 2. The van der Waals surface area contributed by atoms with Crippen molar-refractivity contribution >= 4 is 16.0 Å². The minimum Gasteiger partial charge on any atom is -0.870 e. The Morgan fingerprint density at radius 1 is 0.806 bits per heavy atom. The first-order valence-electron chi connectivity index (χ1n) is 9.05. The van der Waals surface area contributed by atoms with Gasteiger partial charge in [0.25, 0.3) is 0 Å². The highest BCUT2D eigenvalue weighted by atomic mass is 32.2. The van der Waals surface area contributed by atoms with Crippen molar-refractivity contribution in [1.29, 1.82) is 0 Å². The van der Waals surface area contributed by atoms with Gasteiger partial charge in [-0.2, -0.15) is 57.1 Å². The molecule has 0 radical (unpaired) electrons. The van der Waals surface area contributed by atoms with Crippen molar-refractivity contribution in [2.75, 3.05) is 39.5 Å². The van der Waals surface area contributed by atoms with E-state index < -0.39 is 77.0 Å². The predicted molar refractivity (Wildman–Crippen MR) is 93.2 cm³/mol. The highest BCUT2D eigenvalue weighted by molar-refractivity contribution is 7.89. The zero-order chi connectivity index (χ0) is 28.5. The molecule has 0 spiro atoms. The Bertz CT molecular complexity index is 860. The number of quaternary nitrogens is 1. The highest BCUT2D eigenvalue weighted by Crippen LogP contribution is 2.60. The van der Waals surface area contributed by atoms with Gasteiger partial charge in [-0.15, -0.1) is 0 Å². The smallest absolute Gasteiger partial charge is 0.460 e. The molecule has 0 fully saturated rings. The summed E-state index contributed by atoms with van der Waals surface area (Å²) in [6.45, 7) is -1.03. The van der Waals surface area contributed by atoms with Gasteiger partial charge in [-0.3, -0.25) is 0 Å². The van der Waals surface area contributed by atoms with Gasteiger partial charge in [0.1, 0.15) is 0 Å². The van der Waals surface area contributed by atoms with Gasteiger partial charge in [0, 0.05) is 19.4 Å². The topological polar surface area (TPSA) is 113 Å². The van der Waals surface area contributed by atoms with Crippen LogP contribution in [-0.2, 0) is 14.8 Å². The SMILES string of the molecule is C[N+](C)(CCCNS(=O)(=O)CCC(F)(F)C(F)(F)C(F)(F)C(F)(F)C(F)(F)C(F)(F)F)CC(=O)O.[OH-]. The average Bonchev–Trinajstić information content (AvgIpc) is 2.61. The lowest BCUT2D eigenvalue weighted by Crippen LogP contribution is -2.70. The summed E-state index contributed by atoms with van der Waals surface area (Å²) in [5.41, 5.74) is 0. The predicted octanol–water partition coefficient (Wildman–Crippen LogP) is 3.41. The molecule has 0 unspecified atom stereocenters. The zero-order valence-electron chi connectivity index (χ0n) is 18.1. The second-order valence-corrected chi connectivity index (χ2v) is 9.95. The van der Waals surface area contributed by atoms with E-state index in [9.17, 15) is 70.3 Å². The zero-order valence-corrected chi connectivity index (χ0v) is 18.9. The second-order valence-electron chi connectivity index (χ2n) is 8.03. The van der Waals surface area contributed by atoms with Gasteiger partial charge in [0.15, 0.2) is 6.54 Å². The Morgan fingerprint density at radius 2 is 1.22 bits per heavy atom. The summed E-state index contributed by atoms with van der Waals surface area (Å²) in [4.78, 5) is 10.6. The Morgan fingerprint density at radius 3 is 1.61 bits per heavy atom. The normalized spacial score (nSPS) is 15.0. The Labute approximate surface area is 195 Å². The second kappa shape index (κ2) is 11.0. The Hall–Kier alpha value is -1.61. The van der Waals surface area contributed by atoms with Crippen LogP contribution in [0.1, 0.15) is 12.8 Å². The molecule has 0 aliphatic carbocycles. The summed E-state index contributed by atoms with van der Waals surface area (Å²) >= 11 is 0. The van der Waals surface area contributed by atoms with Crippen molar-refractivity contribution in [3.8, 4) is 0 Å². The van der Waals surface area contributed by atoms with Gasteiger partial charge in [-0.1, -0.05) is 0 Å². The van der Waals surface area contributed by atoms with Gasteiger partial charge in [-0.05, 0) is 0 Å². The molecule has 0 aliphatic rings. The maximum atomic E-state index is 13.7. The highest BCUT2D eigenvalue weighted by Gasteiger charge is 2.90. The van der Waals surface area contributed by atoms with Crippen molar-refractivity contribution in [1.82, 2.24) is 4.72 Å². The molecule has 3 N–H and O–H groups in total. The molecular weight excluding hydrogens is 567 g/mol. The Kier molecular flexibility index (Phi) is 11.2.